The Hall–Kier alpha value is -2.36. The third-order valence-electron chi connectivity index (χ3n) is 4.80. The number of rotatable bonds is 2. The van der Waals surface area contributed by atoms with E-state index in [1.54, 1.807) is 0 Å². The van der Waals surface area contributed by atoms with E-state index in [-0.39, 0.29) is 5.91 Å². The van der Waals surface area contributed by atoms with E-state index in [4.69, 9.17) is 0 Å². The monoisotopic (exact) mass is 307 g/mol. The zero-order valence-corrected chi connectivity index (χ0v) is 13.4. The van der Waals surface area contributed by atoms with Crippen LogP contribution in [-0.4, -0.2) is 34.9 Å². The number of carbonyl (C=O) groups excluding carboxylic acids is 1. The molecule has 1 unspecified atom stereocenters. The molecule has 4 heteroatoms. The van der Waals surface area contributed by atoms with Crippen LogP contribution in [0, 0.1) is 0 Å². The molecule has 4 rings (SSSR count). The van der Waals surface area contributed by atoms with Crippen molar-refractivity contribution in [1.29, 1.82) is 0 Å². The number of likely N-dealkylation sites (tertiary alicyclic amines) is 1. The van der Waals surface area contributed by atoms with Crippen LogP contribution in [0.4, 0.5) is 11.5 Å². The van der Waals surface area contributed by atoms with Gasteiger partial charge in [0, 0.05) is 24.8 Å². The van der Waals surface area contributed by atoms with E-state index in [1.165, 1.54) is 11.3 Å². The first kappa shape index (κ1) is 14.2. The van der Waals surface area contributed by atoms with Gasteiger partial charge in [0.15, 0.2) is 0 Å². The normalized spacial score (nSPS) is 20.0. The number of carbonyl (C=O) groups is 1. The van der Waals surface area contributed by atoms with Crippen molar-refractivity contribution in [3.8, 4) is 0 Å². The molecule has 0 aliphatic carbocycles. The van der Waals surface area contributed by atoms with Gasteiger partial charge in [0.05, 0.1) is 0 Å². The van der Waals surface area contributed by atoms with Crippen LogP contribution in [0.25, 0.3) is 0 Å². The number of amides is 1. The van der Waals surface area contributed by atoms with E-state index in [9.17, 15) is 4.79 Å². The third kappa shape index (κ3) is 2.48. The Balaban J connectivity index is 1.67. The van der Waals surface area contributed by atoms with E-state index < -0.39 is 0 Å². The average Bonchev–Trinajstić information content (AvgIpc) is 3.21. The highest BCUT2D eigenvalue weighted by Crippen LogP contribution is 2.37. The summed E-state index contributed by atoms with van der Waals surface area (Å²) >= 11 is 0. The summed E-state index contributed by atoms with van der Waals surface area (Å²) in [7, 11) is 0. The SMILES string of the molecule is CC1Cc2ccccc2N1c1cccc(C(=O)N2CCCC2)n1. The summed E-state index contributed by atoms with van der Waals surface area (Å²) in [6.07, 6.45) is 3.21. The van der Waals surface area contributed by atoms with E-state index in [0.717, 1.165) is 38.2 Å². The molecule has 0 radical (unpaired) electrons. The maximum Gasteiger partial charge on any atom is 0.272 e. The number of hydrogen-bond donors (Lipinski definition) is 0. The molecule has 0 N–H and O–H groups in total. The highest BCUT2D eigenvalue weighted by molar-refractivity contribution is 5.93. The predicted octanol–water partition coefficient (Wildman–Crippen LogP) is 3.40. The first-order chi connectivity index (χ1) is 11.2. The Morgan fingerprint density at radius 2 is 1.87 bits per heavy atom. The molecule has 1 aromatic carbocycles. The zero-order chi connectivity index (χ0) is 15.8. The lowest BCUT2D eigenvalue weighted by Gasteiger charge is -2.24. The molecule has 118 valence electrons. The topological polar surface area (TPSA) is 36.4 Å². The van der Waals surface area contributed by atoms with Crippen LogP contribution in [0.5, 0.6) is 0 Å². The molecule has 2 aliphatic heterocycles. The summed E-state index contributed by atoms with van der Waals surface area (Å²) in [5.74, 6) is 0.928. The maximum absolute atomic E-state index is 12.6. The van der Waals surface area contributed by atoms with Gasteiger partial charge in [-0.2, -0.15) is 0 Å². The number of fused-ring (bicyclic) bond motifs is 1. The second-order valence-electron chi connectivity index (χ2n) is 6.43. The van der Waals surface area contributed by atoms with Crippen LogP contribution >= 0.6 is 0 Å². The minimum atomic E-state index is 0.0597. The largest absolute Gasteiger partial charge is 0.337 e. The van der Waals surface area contributed by atoms with Crippen molar-refractivity contribution >= 4 is 17.4 Å². The quantitative estimate of drug-likeness (QED) is 0.853. The summed E-state index contributed by atoms with van der Waals surface area (Å²) < 4.78 is 0. The number of hydrogen-bond acceptors (Lipinski definition) is 3. The molecule has 2 aliphatic rings. The molecule has 0 bridgehead atoms. The van der Waals surface area contributed by atoms with Gasteiger partial charge in [-0.25, -0.2) is 4.98 Å². The summed E-state index contributed by atoms with van der Waals surface area (Å²) in [5, 5.41) is 0. The van der Waals surface area contributed by atoms with E-state index in [2.05, 4.69) is 41.1 Å². The number of pyridine rings is 1. The number of anilines is 2. The fraction of sp³-hybridized carbons (Fsp3) is 0.368. The molecule has 0 saturated carbocycles. The fourth-order valence-corrected chi connectivity index (χ4v) is 3.67. The minimum absolute atomic E-state index is 0.0597. The summed E-state index contributed by atoms with van der Waals surface area (Å²) in [6, 6.07) is 14.6. The lowest BCUT2D eigenvalue weighted by Crippen LogP contribution is -2.30. The van der Waals surface area contributed by atoms with Crippen LogP contribution in [-0.2, 0) is 6.42 Å². The van der Waals surface area contributed by atoms with Crippen molar-refractivity contribution in [3.05, 3.63) is 53.7 Å². The summed E-state index contributed by atoms with van der Waals surface area (Å²) in [6.45, 7) is 3.91. The average molecular weight is 307 g/mol. The molecule has 1 amide bonds. The van der Waals surface area contributed by atoms with Gasteiger partial charge in [-0.1, -0.05) is 24.3 Å². The van der Waals surface area contributed by atoms with Gasteiger partial charge >= 0.3 is 0 Å². The summed E-state index contributed by atoms with van der Waals surface area (Å²) in [5.41, 5.74) is 3.11. The second-order valence-corrected chi connectivity index (χ2v) is 6.43. The van der Waals surface area contributed by atoms with Crippen molar-refractivity contribution in [2.45, 2.75) is 32.2 Å². The Morgan fingerprint density at radius 1 is 1.09 bits per heavy atom. The lowest BCUT2D eigenvalue weighted by molar-refractivity contribution is 0.0787. The molecule has 0 spiro atoms. The Labute approximate surface area is 136 Å². The Kier molecular flexibility index (Phi) is 3.52. The molecule has 23 heavy (non-hydrogen) atoms. The van der Waals surface area contributed by atoms with Gasteiger partial charge < -0.3 is 9.80 Å². The first-order valence-electron chi connectivity index (χ1n) is 8.37. The van der Waals surface area contributed by atoms with Crippen molar-refractivity contribution in [3.63, 3.8) is 0 Å². The Bertz CT molecular complexity index is 737. The van der Waals surface area contributed by atoms with Crippen LogP contribution in [0.15, 0.2) is 42.5 Å². The fourth-order valence-electron chi connectivity index (χ4n) is 3.67. The molecular weight excluding hydrogens is 286 g/mol. The number of nitrogens with zero attached hydrogens (tertiary/aromatic N) is 3. The summed E-state index contributed by atoms with van der Waals surface area (Å²) in [4.78, 5) is 21.4. The van der Waals surface area contributed by atoms with Gasteiger partial charge in [-0.05, 0) is 49.9 Å². The highest BCUT2D eigenvalue weighted by atomic mass is 16.2. The molecule has 1 saturated heterocycles. The molecular formula is C19H21N3O. The highest BCUT2D eigenvalue weighted by Gasteiger charge is 2.28. The number of para-hydroxylation sites is 1. The maximum atomic E-state index is 12.6. The van der Waals surface area contributed by atoms with Gasteiger partial charge in [0.1, 0.15) is 11.5 Å². The van der Waals surface area contributed by atoms with Gasteiger partial charge in [0.2, 0.25) is 0 Å². The second kappa shape index (κ2) is 5.69. The predicted molar refractivity (Wildman–Crippen MR) is 91.1 cm³/mol. The van der Waals surface area contributed by atoms with Gasteiger partial charge in [0.25, 0.3) is 5.91 Å². The third-order valence-corrected chi connectivity index (χ3v) is 4.80. The smallest absolute Gasteiger partial charge is 0.272 e. The van der Waals surface area contributed by atoms with Crippen molar-refractivity contribution in [2.24, 2.45) is 0 Å². The van der Waals surface area contributed by atoms with Crippen molar-refractivity contribution in [1.82, 2.24) is 9.88 Å². The van der Waals surface area contributed by atoms with E-state index in [0.29, 0.717) is 11.7 Å². The van der Waals surface area contributed by atoms with Gasteiger partial charge in [-0.3, -0.25) is 4.79 Å². The number of aromatic nitrogens is 1. The van der Waals surface area contributed by atoms with Crippen molar-refractivity contribution in [2.75, 3.05) is 18.0 Å². The first-order valence-corrected chi connectivity index (χ1v) is 8.37. The minimum Gasteiger partial charge on any atom is -0.337 e. The molecule has 1 aromatic heterocycles. The molecule has 4 nitrogen and oxygen atoms in total. The lowest BCUT2D eigenvalue weighted by atomic mass is 10.1. The molecule has 3 heterocycles. The molecule has 2 aromatic rings. The van der Waals surface area contributed by atoms with Crippen LogP contribution in [0.1, 0.15) is 35.8 Å². The van der Waals surface area contributed by atoms with E-state index in [1.807, 2.05) is 23.1 Å². The standard InChI is InChI=1S/C19H21N3O/c1-14-13-15-7-2-3-9-17(15)22(14)18-10-6-8-16(20-18)19(23)21-11-4-5-12-21/h2-3,6-10,14H,4-5,11-13H2,1H3. The van der Waals surface area contributed by atoms with Crippen LogP contribution in [0.2, 0.25) is 0 Å². The van der Waals surface area contributed by atoms with Crippen molar-refractivity contribution < 1.29 is 4.79 Å². The molecule has 1 atom stereocenters. The van der Waals surface area contributed by atoms with E-state index >= 15 is 0 Å². The van der Waals surface area contributed by atoms with Crippen LogP contribution < -0.4 is 4.90 Å². The molecule has 1 fully saturated rings. The number of benzene rings is 1. The zero-order valence-electron chi connectivity index (χ0n) is 13.4. The van der Waals surface area contributed by atoms with Gasteiger partial charge in [-0.15, -0.1) is 0 Å². The Morgan fingerprint density at radius 3 is 2.70 bits per heavy atom. The van der Waals surface area contributed by atoms with Crippen LogP contribution in [0.3, 0.4) is 0 Å².